The van der Waals surface area contributed by atoms with Crippen molar-refractivity contribution in [2.75, 3.05) is 19.2 Å². The van der Waals surface area contributed by atoms with Crippen molar-refractivity contribution in [3.8, 4) is 17.2 Å². The van der Waals surface area contributed by atoms with E-state index in [4.69, 9.17) is 21.1 Å². The van der Waals surface area contributed by atoms with Gasteiger partial charge < -0.3 is 9.47 Å². The van der Waals surface area contributed by atoms with Crippen molar-refractivity contribution in [1.29, 1.82) is 0 Å². The normalized spacial score (nSPS) is 15.0. The van der Waals surface area contributed by atoms with E-state index >= 15 is 0 Å². The number of benzene rings is 2. The van der Waals surface area contributed by atoms with Gasteiger partial charge in [0.05, 0.1) is 31.6 Å². The van der Waals surface area contributed by atoms with Crippen molar-refractivity contribution < 1.29 is 9.47 Å². The molecule has 0 amide bonds. The molecule has 0 fully saturated rings. The summed E-state index contributed by atoms with van der Waals surface area (Å²) in [6.45, 7) is 3.99. The fourth-order valence-electron chi connectivity index (χ4n) is 3.02. The van der Waals surface area contributed by atoms with Gasteiger partial charge in [0, 0.05) is 0 Å². The predicted molar refractivity (Wildman–Crippen MR) is 116 cm³/mol. The highest BCUT2D eigenvalue weighted by molar-refractivity contribution is 6.49. The van der Waals surface area contributed by atoms with Crippen molar-refractivity contribution in [1.82, 2.24) is 25.2 Å². The van der Waals surface area contributed by atoms with E-state index in [1.54, 1.807) is 28.9 Å². The van der Waals surface area contributed by atoms with Crippen LogP contribution in [-0.4, -0.2) is 45.5 Å². The van der Waals surface area contributed by atoms with Crippen LogP contribution in [0, 0.1) is 0 Å². The molecule has 31 heavy (non-hydrogen) atoms. The quantitative estimate of drug-likeness (QED) is 0.570. The van der Waals surface area contributed by atoms with Crippen LogP contribution >= 0.6 is 11.6 Å². The standard InChI is InChI=1S/C20H21ClN8O2/c1-13(2)27-20(29(26-25-27)15-7-11-17(31-4)12-8-15)18(21)19-22-23-24-28(19)14-5-9-16(30-3)10-6-14/h5-13H,1-4H3/b20-18-. The average Bonchev–Trinajstić information content (AvgIpc) is 3.46. The van der Waals surface area contributed by atoms with Gasteiger partial charge in [0.1, 0.15) is 16.5 Å². The van der Waals surface area contributed by atoms with Gasteiger partial charge in [0.25, 0.3) is 0 Å². The van der Waals surface area contributed by atoms with Crippen LogP contribution in [0.3, 0.4) is 0 Å². The first-order chi connectivity index (χ1) is 15.0. The van der Waals surface area contributed by atoms with Gasteiger partial charge in [-0.05, 0) is 83.3 Å². The molecule has 10 nitrogen and oxygen atoms in total. The summed E-state index contributed by atoms with van der Waals surface area (Å²) in [5.41, 5.74) is 1.50. The zero-order chi connectivity index (χ0) is 22.0. The SMILES string of the molecule is COc1ccc(N2N=NN(C(C)C)/C2=C(/Cl)c2nnnn2-c2ccc(OC)cc2)cc1. The van der Waals surface area contributed by atoms with E-state index < -0.39 is 0 Å². The van der Waals surface area contributed by atoms with Crippen LogP contribution in [0.4, 0.5) is 5.69 Å². The van der Waals surface area contributed by atoms with Gasteiger partial charge in [-0.2, -0.15) is 9.69 Å². The molecule has 0 saturated heterocycles. The summed E-state index contributed by atoms with van der Waals surface area (Å²) in [6.07, 6.45) is 0. The van der Waals surface area contributed by atoms with Crippen LogP contribution < -0.4 is 14.5 Å². The maximum Gasteiger partial charge on any atom is 0.202 e. The minimum atomic E-state index is 0.000986. The fourth-order valence-corrected chi connectivity index (χ4v) is 3.31. The molecule has 2 heterocycles. The topological polar surface area (TPSA) is 93.3 Å². The number of ether oxygens (including phenoxy) is 2. The third-order valence-corrected chi connectivity index (χ3v) is 4.97. The van der Waals surface area contributed by atoms with E-state index in [0.717, 1.165) is 22.9 Å². The molecule has 0 radical (unpaired) electrons. The van der Waals surface area contributed by atoms with Gasteiger partial charge in [-0.25, -0.2) is 5.01 Å². The van der Waals surface area contributed by atoms with E-state index in [9.17, 15) is 0 Å². The van der Waals surface area contributed by atoms with Crippen molar-refractivity contribution in [2.45, 2.75) is 19.9 Å². The monoisotopic (exact) mass is 440 g/mol. The predicted octanol–water partition coefficient (Wildman–Crippen LogP) is 4.06. The van der Waals surface area contributed by atoms with Crippen LogP contribution in [-0.2, 0) is 0 Å². The Bertz CT molecular complexity index is 1110. The molecule has 0 aliphatic carbocycles. The minimum Gasteiger partial charge on any atom is -0.497 e. The van der Waals surface area contributed by atoms with E-state index in [-0.39, 0.29) is 6.04 Å². The number of nitrogens with zero attached hydrogens (tertiary/aromatic N) is 8. The van der Waals surface area contributed by atoms with Crippen LogP contribution in [0.1, 0.15) is 19.7 Å². The Morgan fingerprint density at radius 1 is 0.871 bits per heavy atom. The summed E-state index contributed by atoms with van der Waals surface area (Å²) in [5.74, 6) is 2.37. The largest absolute Gasteiger partial charge is 0.497 e. The molecule has 160 valence electrons. The van der Waals surface area contributed by atoms with Gasteiger partial charge >= 0.3 is 0 Å². The Hall–Kier alpha value is -3.66. The lowest BCUT2D eigenvalue weighted by atomic mass is 10.2. The van der Waals surface area contributed by atoms with Gasteiger partial charge in [0.2, 0.25) is 5.82 Å². The van der Waals surface area contributed by atoms with Gasteiger partial charge in [-0.3, -0.25) is 0 Å². The lowest BCUT2D eigenvalue weighted by Gasteiger charge is -2.24. The van der Waals surface area contributed by atoms with E-state index in [1.807, 2.05) is 62.4 Å². The Morgan fingerprint density at radius 3 is 2.00 bits per heavy atom. The molecule has 0 atom stereocenters. The summed E-state index contributed by atoms with van der Waals surface area (Å²) < 4.78 is 12.0. The number of methoxy groups -OCH3 is 2. The second-order valence-corrected chi connectivity index (χ2v) is 7.25. The number of hydrogen-bond acceptors (Lipinski definition) is 9. The molecule has 1 aromatic heterocycles. The third-order valence-electron chi connectivity index (χ3n) is 4.63. The molecule has 1 aliphatic heterocycles. The summed E-state index contributed by atoms with van der Waals surface area (Å²) in [4.78, 5) is 0. The molecule has 0 bridgehead atoms. The zero-order valence-corrected chi connectivity index (χ0v) is 18.2. The first kappa shape index (κ1) is 20.6. The maximum absolute atomic E-state index is 6.87. The number of hydrogen-bond donors (Lipinski definition) is 0. The number of anilines is 1. The average molecular weight is 441 g/mol. The number of tetrazole rings is 1. The number of rotatable bonds is 6. The Morgan fingerprint density at radius 2 is 1.45 bits per heavy atom. The third kappa shape index (κ3) is 3.89. The smallest absolute Gasteiger partial charge is 0.202 e. The molecule has 4 rings (SSSR count). The van der Waals surface area contributed by atoms with Crippen LogP contribution in [0.2, 0.25) is 0 Å². The molecule has 11 heteroatoms. The first-order valence-electron chi connectivity index (χ1n) is 9.51. The van der Waals surface area contributed by atoms with Crippen molar-refractivity contribution in [3.63, 3.8) is 0 Å². The van der Waals surface area contributed by atoms with Crippen molar-refractivity contribution in [3.05, 3.63) is 60.2 Å². The second kappa shape index (κ2) is 8.60. The molecule has 0 N–H and O–H groups in total. The Labute approximate surface area is 184 Å². The highest BCUT2D eigenvalue weighted by Gasteiger charge is 2.32. The van der Waals surface area contributed by atoms with E-state index in [2.05, 4.69) is 26.0 Å². The first-order valence-corrected chi connectivity index (χ1v) is 9.89. The second-order valence-electron chi connectivity index (χ2n) is 6.88. The Balaban J connectivity index is 1.79. The molecular weight excluding hydrogens is 420 g/mol. The van der Waals surface area contributed by atoms with Crippen LogP contribution in [0.15, 0.2) is 64.8 Å². The fraction of sp³-hybridized carbons (Fsp3) is 0.250. The lowest BCUT2D eigenvalue weighted by Crippen LogP contribution is -2.29. The zero-order valence-electron chi connectivity index (χ0n) is 17.5. The molecular formula is C20H21ClN8O2. The summed E-state index contributed by atoms with van der Waals surface area (Å²) in [5, 5.41) is 24.3. The molecule has 2 aromatic carbocycles. The van der Waals surface area contributed by atoms with Crippen molar-refractivity contribution in [2.24, 2.45) is 10.4 Å². The summed E-state index contributed by atoms with van der Waals surface area (Å²) in [6, 6.07) is 14.8. The number of halogens is 1. The van der Waals surface area contributed by atoms with E-state index in [1.165, 1.54) is 0 Å². The highest BCUT2D eigenvalue weighted by atomic mass is 35.5. The molecule has 0 spiro atoms. The maximum atomic E-state index is 6.87. The van der Waals surface area contributed by atoms with Gasteiger partial charge in [0.15, 0.2) is 5.82 Å². The van der Waals surface area contributed by atoms with Crippen molar-refractivity contribution >= 4 is 22.3 Å². The van der Waals surface area contributed by atoms with E-state index in [0.29, 0.717) is 16.7 Å². The lowest BCUT2D eigenvalue weighted by molar-refractivity contribution is 0.307. The molecule has 3 aromatic rings. The van der Waals surface area contributed by atoms with Crippen LogP contribution in [0.5, 0.6) is 11.5 Å². The summed E-state index contributed by atoms with van der Waals surface area (Å²) >= 11 is 6.87. The summed E-state index contributed by atoms with van der Waals surface area (Å²) in [7, 11) is 3.23. The molecule has 1 aliphatic rings. The highest BCUT2D eigenvalue weighted by Crippen LogP contribution is 2.36. The number of aromatic nitrogens is 4. The minimum absolute atomic E-state index is 0.000986. The van der Waals surface area contributed by atoms with Gasteiger partial charge in [-0.1, -0.05) is 11.6 Å². The van der Waals surface area contributed by atoms with Gasteiger partial charge in [-0.15, -0.1) is 5.10 Å². The Kier molecular flexibility index (Phi) is 5.72. The molecule has 0 saturated carbocycles. The van der Waals surface area contributed by atoms with Crippen LogP contribution in [0.25, 0.3) is 10.7 Å². The molecule has 0 unspecified atom stereocenters.